The summed E-state index contributed by atoms with van der Waals surface area (Å²) < 4.78 is 12.2. The van der Waals surface area contributed by atoms with Crippen molar-refractivity contribution in [3.05, 3.63) is 72.8 Å². The average Bonchev–Trinajstić information content (AvgIpc) is 3.11. The molecule has 1 aromatic rings. The Morgan fingerprint density at radius 3 is 2.18 bits per heavy atom. The summed E-state index contributed by atoms with van der Waals surface area (Å²) in [6.07, 6.45) is 13.6. The van der Waals surface area contributed by atoms with E-state index in [-0.39, 0.29) is 24.8 Å². The molecule has 1 aromatic carbocycles. The molecule has 22 heavy (non-hydrogen) atoms. The molecule has 0 unspecified atom stereocenters. The predicted octanol–water partition coefficient (Wildman–Crippen LogP) is 5.40. The molecule has 0 spiro atoms. The molecule has 0 aromatic heterocycles. The summed E-state index contributed by atoms with van der Waals surface area (Å²) in [5, 5.41) is 0. The Kier molecular flexibility index (Phi) is 6.18. The van der Waals surface area contributed by atoms with Gasteiger partial charge in [-0.05, 0) is 0 Å². The third-order valence-corrected chi connectivity index (χ3v) is 20.5. The first-order valence-electron chi connectivity index (χ1n) is 7.37. The van der Waals surface area contributed by atoms with Gasteiger partial charge in [0.15, 0.2) is 0 Å². The van der Waals surface area contributed by atoms with Crippen molar-refractivity contribution in [2.45, 2.75) is 24.4 Å². The molecule has 0 saturated carbocycles. The van der Waals surface area contributed by atoms with E-state index >= 15 is 0 Å². The first kappa shape index (κ1) is 19.6. The molecule has 118 valence electrons. The summed E-state index contributed by atoms with van der Waals surface area (Å²) in [5.74, 6) is 0. The van der Waals surface area contributed by atoms with Gasteiger partial charge < -0.3 is 0 Å². The maximum atomic E-state index is 4.99. The maximum absolute atomic E-state index is 4.99. The van der Waals surface area contributed by atoms with Crippen molar-refractivity contribution in [3.63, 3.8) is 0 Å². The Bertz CT molecular complexity index is 736. The van der Waals surface area contributed by atoms with E-state index in [1.54, 1.807) is 6.56 Å². The second-order valence-corrected chi connectivity index (χ2v) is 20.8. The van der Waals surface area contributed by atoms with Crippen molar-refractivity contribution in [1.29, 1.82) is 0 Å². The van der Waals surface area contributed by atoms with Crippen molar-refractivity contribution in [1.82, 2.24) is 0 Å². The fourth-order valence-corrected chi connectivity index (χ4v) is 16.7. The van der Waals surface area contributed by atoms with E-state index in [1.165, 1.54) is 8.84 Å². The molecule has 0 saturated heterocycles. The number of hydrogen-bond donors (Lipinski definition) is 0. The fourth-order valence-electron chi connectivity index (χ4n) is 3.82. The zero-order chi connectivity index (χ0) is 14.2. The number of halogens is 2. The van der Waals surface area contributed by atoms with Crippen LogP contribution in [0.25, 0.3) is 0 Å². The average molecular weight is 415 g/mol. The molecule has 0 amide bonds. The summed E-state index contributed by atoms with van der Waals surface area (Å²) in [6, 6.07) is 11.0. The fraction of sp³-hybridized carbons (Fsp3) is 0.211. The van der Waals surface area contributed by atoms with Gasteiger partial charge in [0.25, 0.3) is 0 Å². The molecule has 0 bridgehead atoms. The predicted molar refractivity (Wildman–Crippen MR) is 102 cm³/mol. The molecule has 0 heterocycles. The van der Waals surface area contributed by atoms with Crippen molar-refractivity contribution in [2.75, 3.05) is 0 Å². The van der Waals surface area contributed by atoms with Gasteiger partial charge >= 0.3 is 123 Å². The van der Waals surface area contributed by atoms with E-state index in [1.807, 2.05) is 0 Å². The Labute approximate surface area is 147 Å². The molecule has 0 nitrogen and oxygen atoms in total. The normalized spacial score (nSPS) is 17.1. The standard InChI is InChI=1S/C6H7.C6H5.C5H5.CH3.CH2.2ClH.Zr/c1-6-4-2-3-5-6;1-2-4-6-5-3-1;1-2-4-5-3-1;;;;;/h2,4H,3H2,1H3;1-5H;1-3H,4H2;1H3;1H2;2*1H;. The molecule has 2 aliphatic carbocycles. The molecule has 0 atom stereocenters. The van der Waals surface area contributed by atoms with Gasteiger partial charge in [-0.3, -0.25) is 0 Å². The quantitative estimate of drug-likeness (QED) is 0.621. The van der Waals surface area contributed by atoms with Crippen LogP contribution in [0.5, 0.6) is 0 Å². The van der Waals surface area contributed by atoms with Gasteiger partial charge in [0.05, 0.1) is 0 Å². The van der Waals surface area contributed by atoms with Crippen LogP contribution in [0.2, 0.25) is 4.63 Å². The third kappa shape index (κ3) is 2.84. The van der Waals surface area contributed by atoms with Crippen LogP contribution >= 0.6 is 24.8 Å². The first-order valence-corrected chi connectivity index (χ1v) is 15.2. The minimum atomic E-state index is -3.53. The second-order valence-electron chi connectivity index (χ2n) is 6.47. The van der Waals surface area contributed by atoms with Gasteiger partial charge in [0, 0.05) is 0 Å². The first-order chi connectivity index (χ1) is 9.53. The molecular formula is C19H24Cl2Zr. The van der Waals surface area contributed by atoms with Crippen molar-refractivity contribution >= 4 is 32.3 Å². The van der Waals surface area contributed by atoms with Crippen LogP contribution in [-0.2, 0) is 18.3 Å². The number of hydrogen-bond acceptors (Lipinski definition) is 0. The van der Waals surface area contributed by atoms with E-state index in [0.717, 1.165) is 12.8 Å². The van der Waals surface area contributed by atoms with Crippen LogP contribution in [-0.4, -0.2) is 4.21 Å². The van der Waals surface area contributed by atoms with Crippen molar-refractivity contribution in [3.8, 4) is 0 Å². The van der Waals surface area contributed by atoms with Crippen LogP contribution in [0.15, 0.2) is 72.8 Å². The summed E-state index contributed by atoms with van der Waals surface area (Å²) in [5.41, 5.74) is 1.45. The molecule has 0 aliphatic heterocycles. The van der Waals surface area contributed by atoms with Crippen LogP contribution in [0.1, 0.15) is 19.8 Å². The topological polar surface area (TPSA) is 0 Å². The number of allylic oxidation sites excluding steroid dienone is 8. The SMILES string of the molecule is Cl.Cl.[CH2]=[Zr]([CH3])([C]1=CC=CC1)([C]1=C(C)C=CC1)[c]1ccccc1. The number of rotatable bonds is 3. The second kappa shape index (κ2) is 6.95. The van der Waals surface area contributed by atoms with Crippen LogP contribution in [0.3, 0.4) is 0 Å². The van der Waals surface area contributed by atoms with E-state index in [2.05, 4.69) is 72.3 Å². The van der Waals surface area contributed by atoms with E-state index in [0.29, 0.717) is 0 Å². The van der Waals surface area contributed by atoms with Crippen LogP contribution in [0, 0.1) is 0 Å². The van der Waals surface area contributed by atoms with Crippen molar-refractivity contribution in [2.24, 2.45) is 0 Å². The molecule has 0 fully saturated rings. The van der Waals surface area contributed by atoms with Crippen molar-refractivity contribution < 1.29 is 18.3 Å². The summed E-state index contributed by atoms with van der Waals surface area (Å²) in [6.45, 7) is 2.26. The van der Waals surface area contributed by atoms with Gasteiger partial charge in [-0.2, -0.15) is 0 Å². The molecule has 2 aliphatic rings. The number of benzene rings is 1. The van der Waals surface area contributed by atoms with Crippen LogP contribution in [0.4, 0.5) is 0 Å². The Morgan fingerprint density at radius 2 is 1.68 bits per heavy atom. The van der Waals surface area contributed by atoms with E-state index in [4.69, 9.17) is 4.21 Å². The monoisotopic (exact) mass is 412 g/mol. The van der Waals surface area contributed by atoms with Gasteiger partial charge in [0.2, 0.25) is 0 Å². The van der Waals surface area contributed by atoms with Gasteiger partial charge in [-0.25, -0.2) is 0 Å². The summed E-state index contributed by atoms with van der Waals surface area (Å²) >= 11 is -3.53. The minimum absolute atomic E-state index is 0. The molecular weight excluding hydrogens is 390 g/mol. The Hall–Kier alpha value is -0.487. The molecule has 0 radical (unpaired) electrons. The summed E-state index contributed by atoms with van der Waals surface area (Å²) in [7, 11) is 0. The zero-order valence-electron chi connectivity index (χ0n) is 13.2. The molecule has 3 rings (SSSR count). The Morgan fingerprint density at radius 1 is 1.00 bits per heavy atom. The third-order valence-electron chi connectivity index (χ3n) is 5.18. The van der Waals surface area contributed by atoms with E-state index in [9.17, 15) is 0 Å². The van der Waals surface area contributed by atoms with Crippen LogP contribution < -0.4 is 3.27 Å². The molecule has 3 heteroatoms. The summed E-state index contributed by atoms with van der Waals surface area (Å²) in [4.78, 5) is 0. The van der Waals surface area contributed by atoms with Gasteiger partial charge in [-0.15, -0.1) is 24.8 Å². The molecule has 0 N–H and O–H groups in total. The van der Waals surface area contributed by atoms with Gasteiger partial charge in [0.1, 0.15) is 0 Å². The Balaban J connectivity index is 0.00000121. The van der Waals surface area contributed by atoms with E-state index < -0.39 is 18.3 Å². The van der Waals surface area contributed by atoms with Gasteiger partial charge in [-0.1, -0.05) is 0 Å². The zero-order valence-corrected chi connectivity index (χ0v) is 17.3.